The minimum atomic E-state index is -0.896. The lowest BCUT2D eigenvalue weighted by molar-refractivity contribution is -0.136. The van der Waals surface area contributed by atoms with E-state index in [1.165, 1.54) is 6.08 Å². The van der Waals surface area contributed by atoms with Crippen LogP contribution >= 0.6 is 11.6 Å². The second kappa shape index (κ2) is 8.88. The third-order valence-corrected chi connectivity index (χ3v) is 2.23. The summed E-state index contributed by atoms with van der Waals surface area (Å²) < 4.78 is 5.29. The summed E-state index contributed by atoms with van der Waals surface area (Å²) in [5, 5.41) is 9.12. The standard InChI is InChI=1S/C13H19ClO3/c1-4-10(3)8-11(14)9-12(17-5-2)6-7-13(15)16/h6,8-9H,4-5,7H2,1-3H3,(H,15,16)/b10-8+,11-9+,12-6-. The number of carbonyl (C=O) groups is 1. The first kappa shape index (κ1) is 15.8. The molecule has 0 radical (unpaired) electrons. The molecule has 0 aromatic rings. The number of halogens is 1. The average Bonchev–Trinajstić information content (AvgIpc) is 2.25. The summed E-state index contributed by atoms with van der Waals surface area (Å²) in [6.07, 6.45) is 5.82. The topological polar surface area (TPSA) is 46.5 Å². The quantitative estimate of drug-likeness (QED) is 0.557. The number of aliphatic carboxylic acids is 1. The van der Waals surface area contributed by atoms with Crippen molar-refractivity contribution in [2.75, 3.05) is 6.61 Å². The molecule has 17 heavy (non-hydrogen) atoms. The second-order valence-corrected chi connectivity index (χ2v) is 3.95. The Kier molecular flexibility index (Phi) is 8.24. The van der Waals surface area contributed by atoms with Gasteiger partial charge in [-0.25, -0.2) is 0 Å². The molecule has 0 aromatic carbocycles. The van der Waals surface area contributed by atoms with Crippen molar-refractivity contribution in [2.45, 2.75) is 33.6 Å². The van der Waals surface area contributed by atoms with E-state index in [0.29, 0.717) is 17.4 Å². The molecule has 0 aliphatic heterocycles. The number of hydrogen-bond acceptors (Lipinski definition) is 2. The summed E-state index contributed by atoms with van der Waals surface area (Å²) in [6, 6.07) is 0. The van der Waals surface area contributed by atoms with Crippen molar-refractivity contribution in [1.29, 1.82) is 0 Å². The van der Waals surface area contributed by atoms with Gasteiger partial charge in [0, 0.05) is 5.03 Å². The molecule has 0 heterocycles. The molecule has 0 unspecified atom stereocenters. The van der Waals surface area contributed by atoms with Gasteiger partial charge in [-0.05, 0) is 38.5 Å². The lowest BCUT2D eigenvalue weighted by Crippen LogP contribution is -1.94. The van der Waals surface area contributed by atoms with Crippen LogP contribution in [0.4, 0.5) is 0 Å². The number of hydrogen-bond donors (Lipinski definition) is 1. The second-order valence-electron chi connectivity index (χ2n) is 3.51. The number of carboxylic acids is 1. The molecule has 4 heteroatoms. The first-order valence-electron chi connectivity index (χ1n) is 5.58. The van der Waals surface area contributed by atoms with Crippen LogP contribution in [0.5, 0.6) is 0 Å². The lowest BCUT2D eigenvalue weighted by atomic mass is 10.2. The summed E-state index contributed by atoms with van der Waals surface area (Å²) in [4.78, 5) is 10.5. The van der Waals surface area contributed by atoms with E-state index in [-0.39, 0.29) is 6.42 Å². The minimum Gasteiger partial charge on any atom is -0.494 e. The molecule has 0 atom stereocenters. The largest absolute Gasteiger partial charge is 0.494 e. The summed E-state index contributed by atoms with van der Waals surface area (Å²) in [7, 11) is 0. The smallest absolute Gasteiger partial charge is 0.307 e. The highest BCUT2D eigenvalue weighted by Gasteiger charge is 1.99. The Morgan fingerprint density at radius 1 is 1.35 bits per heavy atom. The van der Waals surface area contributed by atoms with Crippen molar-refractivity contribution in [2.24, 2.45) is 0 Å². The van der Waals surface area contributed by atoms with Gasteiger partial charge in [0.25, 0.3) is 0 Å². The van der Waals surface area contributed by atoms with Crippen LogP contribution in [0.3, 0.4) is 0 Å². The van der Waals surface area contributed by atoms with Gasteiger partial charge < -0.3 is 9.84 Å². The molecule has 96 valence electrons. The van der Waals surface area contributed by atoms with E-state index in [9.17, 15) is 4.79 Å². The third kappa shape index (κ3) is 8.57. The van der Waals surface area contributed by atoms with Crippen molar-refractivity contribution in [3.05, 3.63) is 34.6 Å². The van der Waals surface area contributed by atoms with E-state index in [1.807, 2.05) is 26.8 Å². The Morgan fingerprint density at radius 2 is 2.00 bits per heavy atom. The molecule has 0 spiro atoms. The zero-order valence-electron chi connectivity index (χ0n) is 10.5. The van der Waals surface area contributed by atoms with Gasteiger partial charge in [0.1, 0.15) is 5.76 Å². The molecule has 0 aromatic heterocycles. The van der Waals surface area contributed by atoms with Crippen LogP contribution in [0.1, 0.15) is 33.6 Å². The van der Waals surface area contributed by atoms with Gasteiger partial charge in [0.05, 0.1) is 13.0 Å². The highest BCUT2D eigenvalue weighted by atomic mass is 35.5. The van der Waals surface area contributed by atoms with Gasteiger partial charge in [-0.1, -0.05) is 24.1 Å². The molecule has 0 saturated carbocycles. The summed E-state index contributed by atoms with van der Waals surface area (Å²) >= 11 is 6.02. The van der Waals surface area contributed by atoms with Crippen LogP contribution in [-0.4, -0.2) is 17.7 Å². The summed E-state index contributed by atoms with van der Waals surface area (Å²) in [5.41, 5.74) is 1.15. The van der Waals surface area contributed by atoms with Crippen LogP contribution in [0, 0.1) is 0 Å². The maximum Gasteiger partial charge on any atom is 0.307 e. The van der Waals surface area contributed by atoms with Crippen LogP contribution in [0.25, 0.3) is 0 Å². The summed E-state index contributed by atoms with van der Waals surface area (Å²) in [6.45, 7) is 6.34. The van der Waals surface area contributed by atoms with Crippen LogP contribution in [0.2, 0.25) is 0 Å². The zero-order chi connectivity index (χ0) is 13.3. The number of ether oxygens (including phenoxy) is 1. The Bertz CT molecular complexity index is 341. The molecular formula is C13H19ClO3. The van der Waals surface area contributed by atoms with E-state index >= 15 is 0 Å². The normalized spacial score (nSPS) is 13.8. The average molecular weight is 259 g/mol. The van der Waals surface area contributed by atoms with E-state index in [2.05, 4.69) is 0 Å². The Hall–Kier alpha value is -1.22. The molecule has 0 fully saturated rings. The van der Waals surface area contributed by atoms with Crippen molar-refractivity contribution in [1.82, 2.24) is 0 Å². The first-order valence-corrected chi connectivity index (χ1v) is 5.96. The van der Waals surface area contributed by atoms with Crippen LogP contribution in [-0.2, 0) is 9.53 Å². The van der Waals surface area contributed by atoms with Gasteiger partial charge in [0.2, 0.25) is 0 Å². The van der Waals surface area contributed by atoms with Gasteiger partial charge in [-0.2, -0.15) is 0 Å². The molecule has 3 nitrogen and oxygen atoms in total. The monoisotopic (exact) mass is 258 g/mol. The Labute approximate surface area is 107 Å². The Balaban J connectivity index is 4.78. The molecule has 0 bridgehead atoms. The highest BCUT2D eigenvalue weighted by Crippen LogP contribution is 2.14. The fourth-order valence-corrected chi connectivity index (χ4v) is 1.32. The molecule has 0 saturated heterocycles. The number of rotatable bonds is 7. The number of carboxylic acid groups (broad SMARTS) is 1. The van der Waals surface area contributed by atoms with E-state index in [1.54, 1.807) is 6.08 Å². The van der Waals surface area contributed by atoms with Gasteiger partial charge in [-0.3, -0.25) is 4.79 Å². The highest BCUT2D eigenvalue weighted by molar-refractivity contribution is 6.31. The molecule has 0 aliphatic rings. The maximum absolute atomic E-state index is 10.5. The maximum atomic E-state index is 10.5. The summed E-state index contributed by atoms with van der Waals surface area (Å²) in [5.74, 6) is -0.410. The minimum absolute atomic E-state index is 0.0769. The zero-order valence-corrected chi connectivity index (χ0v) is 11.3. The third-order valence-electron chi connectivity index (χ3n) is 2.01. The fourth-order valence-electron chi connectivity index (χ4n) is 1.03. The van der Waals surface area contributed by atoms with Crippen molar-refractivity contribution < 1.29 is 14.6 Å². The predicted octanol–water partition coefficient (Wildman–Crippen LogP) is 3.86. The first-order chi connectivity index (χ1) is 7.99. The van der Waals surface area contributed by atoms with Gasteiger partial charge >= 0.3 is 5.97 Å². The van der Waals surface area contributed by atoms with E-state index in [0.717, 1.165) is 12.0 Å². The lowest BCUT2D eigenvalue weighted by Gasteiger charge is -2.04. The number of allylic oxidation sites excluding steroid dienone is 4. The fraction of sp³-hybridized carbons (Fsp3) is 0.462. The van der Waals surface area contributed by atoms with Gasteiger partial charge in [-0.15, -0.1) is 0 Å². The SMILES string of the molecule is CCOC(=C\CC(=O)O)/C=C(Cl)\C=C(/C)CC. The van der Waals surface area contributed by atoms with Gasteiger partial charge in [0.15, 0.2) is 0 Å². The molecule has 0 aliphatic carbocycles. The molecule has 0 rings (SSSR count). The van der Waals surface area contributed by atoms with E-state index < -0.39 is 5.97 Å². The molecular weight excluding hydrogens is 240 g/mol. The molecule has 1 N–H and O–H groups in total. The van der Waals surface area contributed by atoms with Crippen molar-refractivity contribution in [3.8, 4) is 0 Å². The molecule has 0 amide bonds. The van der Waals surface area contributed by atoms with Crippen molar-refractivity contribution >= 4 is 17.6 Å². The van der Waals surface area contributed by atoms with Crippen LogP contribution in [0.15, 0.2) is 34.6 Å². The van der Waals surface area contributed by atoms with E-state index in [4.69, 9.17) is 21.4 Å². The van der Waals surface area contributed by atoms with Crippen molar-refractivity contribution in [3.63, 3.8) is 0 Å². The predicted molar refractivity (Wildman–Crippen MR) is 69.9 cm³/mol. The van der Waals surface area contributed by atoms with Crippen LogP contribution < -0.4 is 0 Å². The Morgan fingerprint density at radius 3 is 2.47 bits per heavy atom.